The van der Waals surface area contributed by atoms with Gasteiger partial charge in [0, 0.05) is 32.8 Å². The Bertz CT molecular complexity index is 419. The van der Waals surface area contributed by atoms with Gasteiger partial charge in [-0.05, 0) is 6.42 Å². The van der Waals surface area contributed by atoms with E-state index in [-0.39, 0.29) is 24.8 Å². The Morgan fingerprint density at radius 3 is 2.70 bits per heavy atom. The molecule has 0 saturated carbocycles. The van der Waals surface area contributed by atoms with E-state index in [2.05, 4.69) is 10.3 Å². The van der Waals surface area contributed by atoms with Gasteiger partial charge in [0.2, 0.25) is 0 Å². The first-order valence-electron chi connectivity index (χ1n) is 6.58. The normalized spacial score (nSPS) is 10.7. The lowest BCUT2D eigenvalue weighted by Gasteiger charge is -2.23. The van der Waals surface area contributed by atoms with Crippen LogP contribution < -0.4 is 10.2 Å². The van der Waals surface area contributed by atoms with Crippen molar-refractivity contribution < 1.29 is 18.6 Å². The third-order valence-electron chi connectivity index (χ3n) is 2.69. The van der Waals surface area contributed by atoms with Gasteiger partial charge in [0.25, 0.3) is 0 Å². The van der Waals surface area contributed by atoms with E-state index in [9.17, 15) is 8.78 Å². The van der Waals surface area contributed by atoms with Crippen molar-refractivity contribution in [1.29, 1.82) is 0 Å². The summed E-state index contributed by atoms with van der Waals surface area (Å²) in [6, 6.07) is 0.803. The number of pyridine rings is 1. The Hall–Kier alpha value is -1.47. The zero-order valence-electron chi connectivity index (χ0n) is 11.8. The van der Waals surface area contributed by atoms with Gasteiger partial charge in [0.05, 0.1) is 13.2 Å². The highest BCUT2D eigenvalue weighted by atomic mass is 19.1. The number of aromatic nitrogens is 1. The smallest absolute Gasteiger partial charge is 0.168 e. The van der Waals surface area contributed by atoms with Crippen LogP contribution in [0.2, 0.25) is 0 Å². The van der Waals surface area contributed by atoms with Gasteiger partial charge in [0.15, 0.2) is 23.3 Å². The van der Waals surface area contributed by atoms with E-state index >= 15 is 0 Å². The minimum absolute atomic E-state index is 0.0103. The van der Waals surface area contributed by atoms with E-state index in [1.165, 1.54) is 12.0 Å². The van der Waals surface area contributed by atoms with Gasteiger partial charge in [-0.15, -0.1) is 0 Å². The number of hydrogen-bond acceptors (Lipinski definition) is 5. The van der Waals surface area contributed by atoms with Crippen LogP contribution in [-0.4, -0.2) is 50.0 Å². The highest BCUT2D eigenvalue weighted by Crippen LogP contribution is 2.22. The molecule has 0 spiro atoms. The van der Waals surface area contributed by atoms with Gasteiger partial charge < -0.3 is 20.1 Å². The molecule has 1 rings (SSSR count). The Morgan fingerprint density at radius 2 is 2.10 bits per heavy atom. The number of rotatable bonds is 9. The van der Waals surface area contributed by atoms with Crippen molar-refractivity contribution >= 4 is 11.6 Å². The maximum atomic E-state index is 13.9. The zero-order chi connectivity index (χ0) is 15.0. The molecule has 5 nitrogen and oxygen atoms in total. The number of halogens is 2. The Balaban J connectivity index is 2.99. The average Bonchev–Trinajstić information content (AvgIpc) is 2.43. The van der Waals surface area contributed by atoms with E-state index in [0.29, 0.717) is 19.7 Å². The summed E-state index contributed by atoms with van der Waals surface area (Å²) in [5.41, 5.74) is 0. The summed E-state index contributed by atoms with van der Waals surface area (Å²) in [6.07, 6.45) is 0.803. The summed E-state index contributed by atoms with van der Waals surface area (Å²) in [5.74, 6) is -1.45. The van der Waals surface area contributed by atoms with Crippen molar-refractivity contribution in [2.24, 2.45) is 0 Å². The molecule has 0 aliphatic carbocycles. The monoisotopic (exact) mass is 289 g/mol. The number of nitrogens with one attached hydrogen (secondary N) is 1. The molecule has 1 aromatic heterocycles. The predicted molar refractivity (Wildman–Crippen MR) is 74.1 cm³/mol. The molecule has 0 aliphatic rings. The van der Waals surface area contributed by atoms with E-state index in [1.807, 2.05) is 6.92 Å². The lowest BCUT2D eigenvalue weighted by atomic mass is 10.3. The number of hydrogen-bond donors (Lipinski definition) is 2. The van der Waals surface area contributed by atoms with Crippen molar-refractivity contribution in [2.75, 3.05) is 50.2 Å². The predicted octanol–water partition coefficient (Wildman–Crippen LogP) is 1.63. The SMILES string of the molecule is CCCNc1nc(N(CCO)CCOC)c(F)cc1F. The number of ether oxygens (including phenoxy) is 1. The molecule has 0 aromatic carbocycles. The fourth-order valence-electron chi connectivity index (χ4n) is 1.69. The molecule has 0 bridgehead atoms. The van der Waals surface area contributed by atoms with Gasteiger partial charge in [-0.1, -0.05) is 6.92 Å². The lowest BCUT2D eigenvalue weighted by Crippen LogP contribution is -2.32. The molecule has 0 radical (unpaired) electrons. The van der Waals surface area contributed by atoms with E-state index in [4.69, 9.17) is 9.84 Å². The Labute approximate surface area is 117 Å². The van der Waals surface area contributed by atoms with Crippen LogP contribution in [0.3, 0.4) is 0 Å². The van der Waals surface area contributed by atoms with Crippen molar-refractivity contribution in [2.45, 2.75) is 13.3 Å². The van der Waals surface area contributed by atoms with E-state index in [1.54, 1.807) is 0 Å². The molecule has 0 saturated heterocycles. The molecule has 1 heterocycles. The summed E-state index contributed by atoms with van der Waals surface area (Å²) in [4.78, 5) is 5.50. The maximum Gasteiger partial charge on any atom is 0.168 e. The summed E-state index contributed by atoms with van der Waals surface area (Å²) in [6.45, 7) is 3.25. The largest absolute Gasteiger partial charge is 0.395 e. The number of aliphatic hydroxyl groups excluding tert-OH is 1. The molecule has 1 aromatic rings. The van der Waals surface area contributed by atoms with Gasteiger partial charge in [-0.3, -0.25) is 0 Å². The van der Waals surface area contributed by atoms with Crippen LogP contribution in [0, 0.1) is 11.6 Å². The number of methoxy groups -OCH3 is 1. The van der Waals surface area contributed by atoms with E-state index in [0.717, 1.165) is 12.5 Å². The van der Waals surface area contributed by atoms with Crippen LogP contribution in [0.1, 0.15) is 13.3 Å². The quantitative estimate of drug-likeness (QED) is 0.723. The second kappa shape index (κ2) is 8.65. The standard InChI is InChI=1S/C13H21F2N3O2/c1-3-4-16-12-10(14)9-11(15)13(17-12)18(5-7-19)6-8-20-2/h9,19H,3-8H2,1-2H3,(H,16,17). The minimum Gasteiger partial charge on any atom is -0.395 e. The fourth-order valence-corrected chi connectivity index (χ4v) is 1.69. The first-order chi connectivity index (χ1) is 9.63. The summed E-state index contributed by atoms with van der Waals surface area (Å²) in [7, 11) is 1.53. The fraction of sp³-hybridized carbons (Fsp3) is 0.615. The topological polar surface area (TPSA) is 57.6 Å². The summed E-state index contributed by atoms with van der Waals surface area (Å²) < 4.78 is 32.4. The molecular formula is C13H21F2N3O2. The van der Waals surface area contributed by atoms with Crippen molar-refractivity contribution in [3.05, 3.63) is 17.7 Å². The Morgan fingerprint density at radius 1 is 1.35 bits per heavy atom. The van der Waals surface area contributed by atoms with Crippen LogP contribution in [0.4, 0.5) is 20.4 Å². The van der Waals surface area contributed by atoms with Gasteiger partial charge >= 0.3 is 0 Å². The van der Waals surface area contributed by atoms with Crippen LogP contribution >= 0.6 is 0 Å². The zero-order valence-corrected chi connectivity index (χ0v) is 11.8. The van der Waals surface area contributed by atoms with Crippen molar-refractivity contribution in [3.63, 3.8) is 0 Å². The molecule has 114 valence electrons. The minimum atomic E-state index is -0.755. The van der Waals surface area contributed by atoms with Gasteiger partial charge in [-0.2, -0.15) is 0 Å². The maximum absolute atomic E-state index is 13.9. The first-order valence-corrected chi connectivity index (χ1v) is 6.58. The average molecular weight is 289 g/mol. The molecule has 20 heavy (non-hydrogen) atoms. The highest BCUT2D eigenvalue weighted by molar-refractivity contribution is 5.49. The van der Waals surface area contributed by atoms with Crippen LogP contribution in [0.15, 0.2) is 6.07 Å². The second-order valence-electron chi connectivity index (χ2n) is 4.25. The summed E-state index contributed by atoms with van der Waals surface area (Å²) >= 11 is 0. The summed E-state index contributed by atoms with van der Waals surface area (Å²) in [5, 5.41) is 11.8. The molecule has 2 N–H and O–H groups in total. The first kappa shape index (κ1) is 16.6. The van der Waals surface area contributed by atoms with Crippen molar-refractivity contribution in [3.8, 4) is 0 Å². The molecule has 0 aliphatic heterocycles. The van der Waals surface area contributed by atoms with Crippen molar-refractivity contribution in [1.82, 2.24) is 4.98 Å². The molecule has 0 unspecified atom stereocenters. The van der Waals surface area contributed by atoms with Gasteiger partial charge in [-0.25, -0.2) is 13.8 Å². The van der Waals surface area contributed by atoms with Crippen LogP contribution in [0.5, 0.6) is 0 Å². The molecular weight excluding hydrogens is 268 g/mol. The van der Waals surface area contributed by atoms with E-state index < -0.39 is 11.6 Å². The second-order valence-corrected chi connectivity index (χ2v) is 4.25. The van der Waals surface area contributed by atoms with Gasteiger partial charge in [0.1, 0.15) is 0 Å². The third kappa shape index (κ3) is 4.57. The van der Waals surface area contributed by atoms with Crippen LogP contribution in [0.25, 0.3) is 0 Å². The number of nitrogens with zero attached hydrogens (tertiary/aromatic N) is 2. The Kier molecular flexibility index (Phi) is 7.17. The molecule has 0 atom stereocenters. The number of anilines is 2. The molecule has 0 fully saturated rings. The highest BCUT2D eigenvalue weighted by Gasteiger charge is 2.17. The van der Waals surface area contributed by atoms with Crippen LogP contribution in [-0.2, 0) is 4.74 Å². The molecule has 0 amide bonds. The number of aliphatic hydroxyl groups is 1. The molecule has 7 heteroatoms. The third-order valence-corrected chi connectivity index (χ3v) is 2.69. The lowest BCUT2D eigenvalue weighted by molar-refractivity contribution is 0.202.